The molecule has 1 heterocycles. The van der Waals surface area contributed by atoms with Crippen LogP contribution in [0.5, 0.6) is 0 Å². The average Bonchev–Trinajstić information content (AvgIpc) is 3.32. The van der Waals surface area contributed by atoms with Crippen molar-refractivity contribution in [3.63, 3.8) is 0 Å². The van der Waals surface area contributed by atoms with Crippen LogP contribution in [0, 0.1) is 11.8 Å². The first-order chi connectivity index (χ1) is 13.0. The van der Waals surface area contributed by atoms with Crippen molar-refractivity contribution < 1.29 is 24.4 Å². The van der Waals surface area contributed by atoms with Crippen LogP contribution >= 0.6 is 0 Å². The second-order valence-electron chi connectivity index (χ2n) is 7.35. The van der Waals surface area contributed by atoms with Crippen molar-refractivity contribution in [2.75, 3.05) is 19.6 Å². The third kappa shape index (κ3) is 5.92. The maximum atomic E-state index is 13.1. The molecule has 2 atom stereocenters. The fraction of sp³-hybridized carbons (Fsp3) is 0.778. The summed E-state index contributed by atoms with van der Waals surface area (Å²) >= 11 is 0. The number of nitrogens with one attached hydrogen (secondary N) is 2. The molecule has 5 amide bonds. The molecule has 1 unspecified atom stereocenters. The molecule has 9 heteroatoms. The van der Waals surface area contributed by atoms with Crippen molar-refractivity contribution in [2.24, 2.45) is 11.8 Å². The standard InChI is InChI=1S/C18H30N4O5/c1-2-19-18(26)20-16(24)15-8-5-9-22(15)17(25)14(11-21(27)12-23)10-13-6-3-4-7-13/h12-15,27H,2-11H2,1H3,(H2,19,20,24,26)/t14?,15-/m0/s1. The number of likely N-dealkylation sites (tertiary alicyclic amines) is 1. The fourth-order valence-electron chi connectivity index (χ4n) is 4.11. The number of amides is 5. The van der Waals surface area contributed by atoms with Crippen molar-refractivity contribution in [1.29, 1.82) is 0 Å². The zero-order chi connectivity index (χ0) is 19.8. The Labute approximate surface area is 159 Å². The second kappa shape index (κ2) is 10.2. The van der Waals surface area contributed by atoms with E-state index in [0.717, 1.165) is 25.7 Å². The SMILES string of the molecule is CCNC(=O)NC(=O)[C@@H]1CCCN1C(=O)C(CC1CCCC1)CN(O)C=O. The first-order valence-electron chi connectivity index (χ1n) is 9.76. The number of hydrogen-bond acceptors (Lipinski definition) is 5. The molecule has 2 rings (SSSR count). The number of carbonyl (C=O) groups excluding carboxylic acids is 4. The number of hydrogen-bond donors (Lipinski definition) is 3. The molecule has 0 aromatic heterocycles. The maximum absolute atomic E-state index is 13.1. The highest BCUT2D eigenvalue weighted by Gasteiger charge is 2.39. The molecule has 0 aromatic rings. The molecular formula is C18H30N4O5. The second-order valence-corrected chi connectivity index (χ2v) is 7.35. The van der Waals surface area contributed by atoms with Gasteiger partial charge in [0.05, 0.1) is 12.5 Å². The van der Waals surface area contributed by atoms with E-state index in [1.165, 1.54) is 4.90 Å². The van der Waals surface area contributed by atoms with Gasteiger partial charge in [0.2, 0.25) is 12.3 Å². The van der Waals surface area contributed by atoms with Gasteiger partial charge in [-0.15, -0.1) is 0 Å². The number of carbonyl (C=O) groups is 4. The van der Waals surface area contributed by atoms with Gasteiger partial charge in [-0.3, -0.25) is 24.9 Å². The molecule has 1 saturated carbocycles. The van der Waals surface area contributed by atoms with E-state index in [4.69, 9.17) is 0 Å². The summed E-state index contributed by atoms with van der Waals surface area (Å²) in [5, 5.41) is 14.9. The van der Waals surface area contributed by atoms with Gasteiger partial charge in [-0.05, 0) is 32.1 Å². The molecular weight excluding hydrogens is 352 g/mol. The van der Waals surface area contributed by atoms with Gasteiger partial charge in [0.1, 0.15) is 6.04 Å². The van der Waals surface area contributed by atoms with Crippen LogP contribution in [-0.4, -0.2) is 65.1 Å². The highest BCUT2D eigenvalue weighted by molar-refractivity contribution is 5.99. The summed E-state index contributed by atoms with van der Waals surface area (Å²) in [4.78, 5) is 49.4. The monoisotopic (exact) mass is 382 g/mol. The van der Waals surface area contributed by atoms with Crippen molar-refractivity contribution in [3.05, 3.63) is 0 Å². The Bertz CT molecular complexity index is 550. The summed E-state index contributed by atoms with van der Waals surface area (Å²) in [6.07, 6.45) is 6.38. The van der Waals surface area contributed by atoms with Crippen LogP contribution in [0.25, 0.3) is 0 Å². The highest BCUT2D eigenvalue weighted by atomic mass is 16.5. The van der Waals surface area contributed by atoms with E-state index in [0.29, 0.717) is 43.3 Å². The predicted molar refractivity (Wildman–Crippen MR) is 96.6 cm³/mol. The minimum atomic E-state index is -0.699. The first kappa shape index (κ1) is 21.1. The molecule has 0 radical (unpaired) electrons. The molecule has 9 nitrogen and oxygen atoms in total. The number of nitrogens with zero attached hydrogens (tertiary/aromatic N) is 2. The Morgan fingerprint density at radius 2 is 1.93 bits per heavy atom. The summed E-state index contributed by atoms with van der Waals surface area (Å²) in [5.41, 5.74) is 0. The first-order valence-corrected chi connectivity index (χ1v) is 9.76. The van der Waals surface area contributed by atoms with Crippen molar-refractivity contribution >= 4 is 24.3 Å². The van der Waals surface area contributed by atoms with E-state index in [1.54, 1.807) is 6.92 Å². The number of urea groups is 1. The zero-order valence-corrected chi connectivity index (χ0v) is 15.9. The van der Waals surface area contributed by atoms with Crippen molar-refractivity contribution in [2.45, 2.75) is 57.9 Å². The molecule has 1 saturated heterocycles. The third-order valence-electron chi connectivity index (χ3n) is 5.38. The highest BCUT2D eigenvalue weighted by Crippen LogP contribution is 2.32. The average molecular weight is 382 g/mol. The van der Waals surface area contributed by atoms with Crippen LogP contribution in [0.3, 0.4) is 0 Å². The van der Waals surface area contributed by atoms with Crippen LogP contribution in [0.15, 0.2) is 0 Å². The van der Waals surface area contributed by atoms with Gasteiger partial charge >= 0.3 is 6.03 Å². The van der Waals surface area contributed by atoms with Crippen molar-refractivity contribution in [1.82, 2.24) is 20.6 Å². The topological polar surface area (TPSA) is 119 Å². The van der Waals surface area contributed by atoms with E-state index in [1.807, 2.05) is 0 Å². The van der Waals surface area contributed by atoms with E-state index in [2.05, 4.69) is 10.6 Å². The Kier molecular flexibility index (Phi) is 8.02. The molecule has 152 valence electrons. The van der Waals surface area contributed by atoms with E-state index >= 15 is 0 Å². The van der Waals surface area contributed by atoms with Crippen LogP contribution in [-0.2, 0) is 14.4 Å². The number of hydroxylamine groups is 2. The van der Waals surface area contributed by atoms with Gasteiger partial charge in [-0.25, -0.2) is 9.86 Å². The van der Waals surface area contributed by atoms with Gasteiger partial charge < -0.3 is 10.2 Å². The molecule has 2 fully saturated rings. The smallest absolute Gasteiger partial charge is 0.321 e. The molecule has 0 spiro atoms. The Hall–Kier alpha value is -2.16. The van der Waals surface area contributed by atoms with Gasteiger partial charge in [0.25, 0.3) is 5.91 Å². The molecule has 0 bridgehead atoms. The van der Waals surface area contributed by atoms with Gasteiger partial charge in [0, 0.05) is 13.1 Å². The molecule has 1 aliphatic heterocycles. The van der Waals surface area contributed by atoms with E-state index in [9.17, 15) is 24.4 Å². The molecule has 27 heavy (non-hydrogen) atoms. The lowest BCUT2D eigenvalue weighted by Gasteiger charge is -2.30. The Morgan fingerprint density at radius 3 is 2.56 bits per heavy atom. The lowest BCUT2D eigenvalue weighted by atomic mass is 9.91. The summed E-state index contributed by atoms with van der Waals surface area (Å²) in [6.45, 7) is 2.49. The Balaban J connectivity index is 2.05. The third-order valence-corrected chi connectivity index (χ3v) is 5.38. The lowest BCUT2D eigenvalue weighted by Crippen LogP contribution is -2.52. The number of imide groups is 1. The minimum Gasteiger partial charge on any atom is -0.338 e. The molecule has 3 N–H and O–H groups in total. The summed E-state index contributed by atoms with van der Waals surface area (Å²) in [7, 11) is 0. The molecule has 1 aliphatic carbocycles. The van der Waals surface area contributed by atoms with Gasteiger partial charge in [-0.2, -0.15) is 0 Å². The summed E-state index contributed by atoms with van der Waals surface area (Å²) in [6, 6.07) is -1.28. The quantitative estimate of drug-likeness (QED) is 0.327. The fourth-order valence-corrected chi connectivity index (χ4v) is 4.11. The molecule has 0 aromatic carbocycles. The lowest BCUT2D eigenvalue weighted by molar-refractivity contribution is -0.158. The van der Waals surface area contributed by atoms with Crippen LogP contribution in [0.2, 0.25) is 0 Å². The van der Waals surface area contributed by atoms with Crippen LogP contribution in [0.4, 0.5) is 4.79 Å². The normalized spacial score (nSPS) is 21.0. The van der Waals surface area contributed by atoms with Gasteiger partial charge in [0.15, 0.2) is 0 Å². The number of rotatable bonds is 8. The van der Waals surface area contributed by atoms with Gasteiger partial charge in [-0.1, -0.05) is 25.7 Å². The predicted octanol–water partition coefficient (Wildman–Crippen LogP) is 0.867. The largest absolute Gasteiger partial charge is 0.338 e. The van der Waals surface area contributed by atoms with Crippen LogP contribution < -0.4 is 10.6 Å². The van der Waals surface area contributed by atoms with E-state index < -0.39 is 23.9 Å². The minimum absolute atomic E-state index is 0.0833. The summed E-state index contributed by atoms with van der Waals surface area (Å²) in [5.74, 6) is -0.899. The molecule has 2 aliphatic rings. The Morgan fingerprint density at radius 1 is 1.22 bits per heavy atom. The van der Waals surface area contributed by atoms with E-state index in [-0.39, 0.29) is 18.9 Å². The zero-order valence-electron chi connectivity index (χ0n) is 15.9. The van der Waals surface area contributed by atoms with Crippen LogP contribution in [0.1, 0.15) is 51.9 Å². The van der Waals surface area contributed by atoms with Crippen molar-refractivity contribution in [3.8, 4) is 0 Å². The maximum Gasteiger partial charge on any atom is 0.321 e. The summed E-state index contributed by atoms with van der Waals surface area (Å²) < 4.78 is 0.